The first-order valence-electron chi connectivity index (χ1n) is 7.99. The van der Waals surface area contributed by atoms with E-state index in [1.54, 1.807) is 0 Å². The van der Waals surface area contributed by atoms with Gasteiger partial charge in [-0.3, -0.25) is 0 Å². The molecule has 1 aromatic rings. The second-order valence-corrected chi connectivity index (χ2v) is 6.22. The van der Waals surface area contributed by atoms with Gasteiger partial charge in [0.2, 0.25) is 0 Å². The third kappa shape index (κ3) is 3.39. The van der Waals surface area contributed by atoms with E-state index in [4.69, 9.17) is 0 Å². The first-order chi connectivity index (χ1) is 9.20. The van der Waals surface area contributed by atoms with Crippen molar-refractivity contribution in [2.24, 2.45) is 5.41 Å². The molecule has 1 fully saturated rings. The highest BCUT2D eigenvalue weighted by molar-refractivity contribution is 5.22. The Kier molecular flexibility index (Phi) is 5.04. The lowest BCUT2D eigenvalue weighted by atomic mass is 9.74. The SMILES string of the molecule is CCNC(Cc1ccc(C)cc1)C1(CC)CCCC1. The summed E-state index contributed by atoms with van der Waals surface area (Å²) in [7, 11) is 0. The Morgan fingerprint density at radius 2 is 1.74 bits per heavy atom. The Bertz CT molecular complexity index is 373. The minimum atomic E-state index is 0.543. The number of rotatable bonds is 6. The second kappa shape index (κ2) is 6.56. The zero-order valence-corrected chi connectivity index (χ0v) is 12.8. The highest BCUT2D eigenvalue weighted by Gasteiger charge is 2.39. The maximum atomic E-state index is 3.78. The lowest BCUT2D eigenvalue weighted by molar-refractivity contribution is 0.186. The monoisotopic (exact) mass is 259 g/mol. The summed E-state index contributed by atoms with van der Waals surface area (Å²) in [5.74, 6) is 0. The molecule has 1 atom stereocenters. The summed E-state index contributed by atoms with van der Waals surface area (Å²) in [4.78, 5) is 0. The van der Waals surface area contributed by atoms with Crippen LogP contribution in [-0.4, -0.2) is 12.6 Å². The van der Waals surface area contributed by atoms with Gasteiger partial charge in [-0.1, -0.05) is 56.5 Å². The van der Waals surface area contributed by atoms with Gasteiger partial charge >= 0.3 is 0 Å². The maximum Gasteiger partial charge on any atom is 0.0164 e. The van der Waals surface area contributed by atoms with Crippen LogP contribution < -0.4 is 5.32 Å². The molecule has 1 aliphatic rings. The summed E-state index contributed by atoms with van der Waals surface area (Å²) in [6.07, 6.45) is 8.16. The van der Waals surface area contributed by atoms with Crippen molar-refractivity contribution in [3.8, 4) is 0 Å². The average Bonchev–Trinajstić information content (AvgIpc) is 2.91. The molecular weight excluding hydrogens is 230 g/mol. The fourth-order valence-corrected chi connectivity index (χ4v) is 3.74. The lowest BCUT2D eigenvalue weighted by Gasteiger charge is -2.38. The van der Waals surface area contributed by atoms with Crippen LogP contribution in [0.4, 0.5) is 0 Å². The zero-order valence-electron chi connectivity index (χ0n) is 12.8. The van der Waals surface area contributed by atoms with Gasteiger partial charge in [0.05, 0.1) is 0 Å². The van der Waals surface area contributed by atoms with E-state index in [2.05, 4.69) is 50.4 Å². The van der Waals surface area contributed by atoms with Gasteiger partial charge in [0.25, 0.3) is 0 Å². The van der Waals surface area contributed by atoms with Gasteiger partial charge < -0.3 is 5.32 Å². The van der Waals surface area contributed by atoms with Crippen molar-refractivity contribution < 1.29 is 0 Å². The van der Waals surface area contributed by atoms with Gasteiger partial charge in [0, 0.05) is 6.04 Å². The molecule has 1 heteroatoms. The standard InChI is InChI=1S/C18H29N/c1-4-18(12-6-7-13-18)17(19-5-2)14-16-10-8-15(3)9-11-16/h8-11,17,19H,4-7,12-14H2,1-3H3. The van der Waals surface area contributed by atoms with Crippen LogP contribution in [0.3, 0.4) is 0 Å². The fourth-order valence-electron chi connectivity index (χ4n) is 3.74. The van der Waals surface area contributed by atoms with Crippen molar-refractivity contribution >= 4 is 0 Å². The summed E-state index contributed by atoms with van der Waals surface area (Å²) in [5.41, 5.74) is 3.38. The number of likely N-dealkylation sites (N-methyl/N-ethyl adjacent to an activating group) is 1. The molecule has 106 valence electrons. The minimum Gasteiger partial charge on any atom is -0.313 e. The molecule has 1 unspecified atom stereocenters. The van der Waals surface area contributed by atoms with E-state index in [9.17, 15) is 0 Å². The molecule has 0 spiro atoms. The highest BCUT2D eigenvalue weighted by Crippen LogP contribution is 2.44. The Labute approximate surface area is 118 Å². The molecule has 0 aromatic heterocycles. The van der Waals surface area contributed by atoms with Crippen molar-refractivity contribution in [2.45, 2.75) is 65.3 Å². The van der Waals surface area contributed by atoms with Crippen LogP contribution in [0.5, 0.6) is 0 Å². The predicted molar refractivity (Wildman–Crippen MR) is 83.5 cm³/mol. The number of benzene rings is 1. The molecule has 0 radical (unpaired) electrons. The van der Waals surface area contributed by atoms with Gasteiger partial charge in [-0.15, -0.1) is 0 Å². The summed E-state index contributed by atoms with van der Waals surface area (Å²) < 4.78 is 0. The van der Waals surface area contributed by atoms with E-state index in [0.29, 0.717) is 11.5 Å². The molecule has 1 nitrogen and oxygen atoms in total. The van der Waals surface area contributed by atoms with Crippen LogP contribution >= 0.6 is 0 Å². The number of hydrogen-bond donors (Lipinski definition) is 1. The van der Waals surface area contributed by atoms with Gasteiger partial charge in [0.15, 0.2) is 0 Å². The third-order valence-corrected chi connectivity index (χ3v) is 5.05. The lowest BCUT2D eigenvalue weighted by Crippen LogP contribution is -2.45. The second-order valence-electron chi connectivity index (χ2n) is 6.22. The Balaban J connectivity index is 2.13. The Morgan fingerprint density at radius 3 is 2.26 bits per heavy atom. The highest BCUT2D eigenvalue weighted by atomic mass is 14.9. The maximum absolute atomic E-state index is 3.78. The quantitative estimate of drug-likeness (QED) is 0.794. The summed E-state index contributed by atoms with van der Waals surface area (Å²) >= 11 is 0. The van der Waals surface area contributed by atoms with Crippen molar-refractivity contribution in [3.63, 3.8) is 0 Å². The predicted octanol–water partition coefficient (Wildman–Crippen LogP) is 4.49. The van der Waals surface area contributed by atoms with E-state index < -0.39 is 0 Å². The molecule has 1 saturated carbocycles. The summed E-state index contributed by atoms with van der Waals surface area (Å²) in [6, 6.07) is 9.74. The van der Waals surface area contributed by atoms with Crippen LogP contribution in [0.15, 0.2) is 24.3 Å². The largest absolute Gasteiger partial charge is 0.313 e. The molecular formula is C18H29N. The van der Waals surface area contributed by atoms with Crippen molar-refractivity contribution in [3.05, 3.63) is 35.4 Å². The molecule has 1 aliphatic carbocycles. The van der Waals surface area contributed by atoms with Gasteiger partial charge in [0.1, 0.15) is 0 Å². The van der Waals surface area contributed by atoms with E-state index in [0.717, 1.165) is 6.54 Å². The molecule has 1 aromatic carbocycles. The van der Waals surface area contributed by atoms with Crippen molar-refractivity contribution in [1.82, 2.24) is 5.32 Å². The van der Waals surface area contributed by atoms with E-state index >= 15 is 0 Å². The molecule has 19 heavy (non-hydrogen) atoms. The van der Waals surface area contributed by atoms with Gasteiger partial charge in [-0.2, -0.15) is 0 Å². The molecule has 0 aliphatic heterocycles. The number of aryl methyl sites for hydroxylation is 1. The fraction of sp³-hybridized carbons (Fsp3) is 0.667. The normalized spacial score (nSPS) is 19.5. The smallest absolute Gasteiger partial charge is 0.0164 e. The average molecular weight is 259 g/mol. The van der Waals surface area contributed by atoms with E-state index in [1.165, 1.54) is 49.7 Å². The molecule has 1 N–H and O–H groups in total. The van der Waals surface area contributed by atoms with Crippen LogP contribution in [0, 0.1) is 12.3 Å². The molecule has 0 bridgehead atoms. The molecule has 0 saturated heterocycles. The third-order valence-electron chi connectivity index (χ3n) is 5.05. The first kappa shape index (κ1) is 14.6. The topological polar surface area (TPSA) is 12.0 Å². The van der Waals surface area contributed by atoms with Gasteiger partial charge in [-0.25, -0.2) is 0 Å². The van der Waals surface area contributed by atoms with Crippen LogP contribution in [0.2, 0.25) is 0 Å². The van der Waals surface area contributed by atoms with Gasteiger partial charge in [-0.05, 0) is 50.1 Å². The molecule has 0 heterocycles. The van der Waals surface area contributed by atoms with Crippen LogP contribution in [-0.2, 0) is 6.42 Å². The summed E-state index contributed by atoms with van der Waals surface area (Å²) in [6.45, 7) is 7.86. The Morgan fingerprint density at radius 1 is 1.11 bits per heavy atom. The van der Waals surface area contributed by atoms with Crippen molar-refractivity contribution in [2.75, 3.05) is 6.54 Å². The van der Waals surface area contributed by atoms with Crippen LogP contribution in [0.1, 0.15) is 57.1 Å². The van der Waals surface area contributed by atoms with Crippen LogP contribution in [0.25, 0.3) is 0 Å². The zero-order chi connectivity index (χ0) is 13.7. The molecule has 0 amide bonds. The minimum absolute atomic E-state index is 0.543. The van der Waals surface area contributed by atoms with Crippen molar-refractivity contribution in [1.29, 1.82) is 0 Å². The number of nitrogens with one attached hydrogen (secondary N) is 1. The Hall–Kier alpha value is -0.820. The van der Waals surface area contributed by atoms with E-state index in [1.807, 2.05) is 0 Å². The summed E-state index contributed by atoms with van der Waals surface area (Å²) in [5, 5.41) is 3.78. The van der Waals surface area contributed by atoms with E-state index in [-0.39, 0.29) is 0 Å². The first-order valence-corrected chi connectivity index (χ1v) is 7.99. The molecule has 2 rings (SSSR count). The number of hydrogen-bond acceptors (Lipinski definition) is 1.